The highest BCUT2D eigenvalue weighted by Gasteiger charge is 2.11. The number of rotatable bonds is 4. The molecule has 0 aliphatic heterocycles. The highest BCUT2D eigenvalue weighted by atomic mass is 35.5. The van der Waals surface area contributed by atoms with Gasteiger partial charge in [0.15, 0.2) is 11.6 Å². The zero-order valence-corrected chi connectivity index (χ0v) is 10.7. The molecule has 0 saturated carbocycles. The molecule has 2 aromatic rings. The smallest absolute Gasteiger partial charge is 0.160 e. The van der Waals surface area contributed by atoms with Crippen LogP contribution >= 0.6 is 11.6 Å². The van der Waals surface area contributed by atoms with Crippen molar-refractivity contribution in [3.8, 4) is 0 Å². The van der Waals surface area contributed by atoms with E-state index in [1.807, 2.05) is 0 Å². The first-order chi connectivity index (χ1) is 9.08. The molecule has 0 aliphatic rings. The lowest BCUT2D eigenvalue weighted by molar-refractivity contribution is 0.191. The molecule has 0 spiro atoms. The first kappa shape index (κ1) is 13.8. The molecule has 0 amide bonds. The van der Waals surface area contributed by atoms with Gasteiger partial charge < -0.3 is 10.4 Å². The molecule has 2 rings (SSSR count). The second-order valence-corrected chi connectivity index (χ2v) is 4.45. The molecule has 0 fully saturated rings. The second kappa shape index (κ2) is 5.99. The van der Waals surface area contributed by atoms with Crippen molar-refractivity contribution >= 4 is 17.3 Å². The molecule has 2 aromatic carbocycles. The van der Waals surface area contributed by atoms with Crippen molar-refractivity contribution in [3.05, 3.63) is 64.7 Å². The van der Waals surface area contributed by atoms with Crippen LogP contribution in [-0.2, 0) is 0 Å². The maximum absolute atomic E-state index is 13.0. The van der Waals surface area contributed by atoms with Crippen molar-refractivity contribution in [1.82, 2.24) is 0 Å². The molecule has 0 bridgehead atoms. The van der Waals surface area contributed by atoms with Crippen LogP contribution in [0.5, 0.6) is 0 Å². The van der Waals surface area contributed by atoms with Crippen molar-refractivity contribution in [2.45, 2.75) is 6.10 Å². The fourth-order valence-electron chi connectivity index (χ4n) is 1.68. The topological polar surface area (TPSA) is 32.3 Å². The van der Waals surface area contributed by atoms with Crippen LogP contribution in [0.15, 0.2) is 42.5 Å². The van der Waals surface area contributed by atoms with Gasteiger partial charge in [-0.25, -0.2) is 8.78 Å². The highest BCUT2D eigenvalue weighted by Crippen LogP contribution is 2.23. The van der Waals surface area contributed by atoms with Gasteiger partial charge in [-0.3, -0.25) is 0 Å². The predicted molar refractivity (Wildman–Crippen MR) is 71.3 cm³/mol. The van der Waals surface area contributed by atoms with Gasteiger partial charge in [0.25, 0.3) is 0 Å². The summed E-state index contributed by atoms with van der Waals surface area (Å²) in [5.41, 5.74) is 0.976. The van der Waals surface area contributed by atoms with Crippen LogP contribution in [0.2, 0.25) is 5.02 Å². The summed E-state index contributed by atoms with van der Waals surface area (Å²) in [5, 5.41) is 13.3. The Morgan fingerprint density at radius 3 is 2.53 bits per heavy atom. The predicted octanol–water partition coefficient (Wildman–Crippen LogP) is 3.76. The lowest BCUT2D eigenvalue weighted by Crippen LogP contribution is -2.12. The first-order valence-corrected chi connectivity index (χ1v) is 6.07. The van der Waals surface area contributed by atoms with Crippen LogP contribution in [0.4, 0.5) is 14.5 Å². The monoisotopic (exact) mass is 283 g/mol. The van der Waals surface area contributed by atoms with Crippen molar-refractivity contribution in [3.63, 3.8) is 0 Å². The molecule has 2 N–H and O–H groups in total. The van der Waals surface area contributed by atoms with E-state index in [-0.39, 0.29) is 6.54 Å². The van der Waals surface area contributed by atoms with Crippen LogP contribution < -0.4 is 5.32 Å². The van der Waals surface area contributed by atoms with E-state index in [2.05, 4.69) is 5.32 Å². The lowest BCUT2D eigenvalue weighted by atomic mass is 10.1. The molecule has 0 aliphatic carbocycles. The summed E-state index contributed by atoms with van der Waals surface area (Å²) in [5.74, 6) is -1.84. The molecule has 1 atom stereocenters. The molecule has 0 radical (unpaired) electrons. The van der Waals surface area contributed by atoms with E-state index in [1.165, 1.54) is 6.07 Å². The Balaban J connectivity index is 2.02. The average molecular weight is 284 g/mol. The summed E-state index contributed by atoms with van der Waals surface area (Å²) in [7, 11) is 0. The fraction of sp³-hybridized carbons (Fsp3) is 0.143. The molecular formula is C14H12ClF2NO. The third-order valence-corrected chi connectivity index (χ3v) is 3.03. The van der Waals surface area contributed by atoms with E-state index in [9.17, 15) is 13.9 Å². The number of aliphatic hydroxyl groups excluding tert-OH is 1. The summed E-state index contributed by atoms with van der Waals surface area (Å²) >= 11 is 5.95. The second-order valence-electron chi connectivity index (χ2n) is 4.05. The zero-order valence-electron chi connectivity index (χ0n) is 9.91. The van der Waals surface area contributed by atoms with Crippen LogP contribution in [0.1, 0.15) is 11.7 Å². The van der Waals surface area contributed by atoms with E-state index < -0.39 is 17.7 Å². The van der Waals surface area contributed by atoms with Gasteiger partial charge >= 0.3 is 0 Å². The first-order valence-electron chi connectivity index (χ1n) is 5.69. The van der Waals surface area contributed by atoms with Crippen LogP contribution in [0.25, 0.3) is 0 Å². The Labute approximate surface area is 114 Å². The Morgan fingerprint density at radius 2 is 1.84 bits per heavy atom. The van der Waals surface area contributed by atoms with E-state index >= 15 is 0 Å². The van der Waals surface area contributed by atoms with Crippen molar-refractivity contribution in [2.75, 3.05) is 11.9 Å². The normalized spacial score (nSPS) is 12.2. The van der Waals surface area contributed by atoms with Crippen molar-refractivity contribution in [1.29, 1.82) is 0 Å². The SMILES string of the molecule is OC(CNc1ccc(F)c(F)c1)c1ccccc1Cl. The number of nitrogens with one attached hydrogen (secondary N) is 1. The van der Waals surface area contributed by atoms with E-state index in [0.717, 1.165) is 12.1 Å². The molecule has 100 valence electrons. The molecular weight excluding hydrogens is 272 g/mol. The number of hydrogen-bond acceptors (Lipinski definition) is 2. The zero-order chi connectivity index (χ0) is 13.8. The Morgan fingerprint density at radius 1 is 1.11 bits per heavy atom. The number of benzene rings is 2. The Bertz CT molecular complexity index is 577. The molecule has 1 unspecified atom stereocenters. The number of halogens is 3. The number of hydrogen-bond donors (Lipinski definition) is 2. The molecule has 5 heteroatoms. The van der Waals surface area contributed by atoms with E-state index in [0.29, 0.717) is 16.3 Å². The van der Waals surface area contributed by atoms with Crippen LogP contribution in [0.3, 0.4) is 0 Å². The summed E-state index contributed by atoms with van der Waals surface area (Å²) in [4.78, 5) is 0. The third-order valence-electron chi connectivity index (χ3n) is 2.68. The minimum absolute atomic E-state index is 0.148. The largest absolute Gasteiger partial charge is 0.387 e. The maximum atomic E-state index is 13.0. The highest BCUT2D eigenvalue weighted by molar-refractivity contribution is 6.31. The Hall–Kier alpha value is -1.65. The van der Waals surface area contributed by atoms with Gasteiger partial charge in [-0.2, -0.15) is 0 Å². The summed E-state index contributed by atoms with van der Waals surface area (Å²) in [6.07, 6.45) is -0.832. The molecule has 2 nitrogen and oxygen atoms in total. The maximum Gasteiger partial charge on any atom is 0.160 e. The van der Waals surface area contributed by atoms with Gasteiger partial charge in [0.1, 0.15) is 0 Å². The van der Waals surface area contributed by atoms with Gasteiger partial charge in [-0.05, 0) is 18.2 Å². The Kier molecular flexibility index (Phi) is 4.35. The van der Waals surface area contributed by atoms with Gasteiger partial charge in [0.2, 0.25) is 0 Å². The van der Waals surface area contributed by atoms with Crippen molar-refractivity contribution in [2.24, 2.45) is 0 Å². The van der Waals surface area contributed by atoms with Gasteiger partial charge in [0.05, 0.1) is 6.10 Å². The molecule has 0 aromatic heterocycles. The molecule has 0 saturated heterocycles. The van der Waals surface area contributed by atoms with Crippen LogP contribution in [-0.4, -0.2) is 11.7 Å². The van der Waals surface area contributed by atoms with Gasteiger partial charge in [-0.1, -0.05) is 29.8 Å². The van der Waals surface area contributed by atoms with Gasteiger partial charge in [-0.15, -0.1) is 0 Å². The van der Waals surface area contributed by atoms with E-state index in [1.54, 1.807) is 24.3 Å². The summed E-state index contributed by atoms with van der Waals surface area (Å²) < 4.78 is 25.7. The van der Waals surface area contributed by atoms with E-state index in [4.69, 9.17) is 11.6 Å². The molecule has 0 heterocycles. The van der Waals surface area contributed by atoms with Gasteiger partial charge in [0, 0.05) is 28.9 Å². The standard InChI is InChI=1S/C14H12ClF2NO/c15-11-4-2-1-3-10(11)14(19)8-18-9-5-6-12(16)13(17)7-9/h1-7,14,18-19H,8H2. The minimum Gasteiger partial charge on any atom is -0.387 e. The average Bonchev–Trinajstić information content (AvgIpc) is 2.40. The summed E-state index contributed by atoms with van der Waals surface area (Å²) in [6.45, 7) is 0.148. The fourth-order valence-corrected chi connectivity index (χ4v) is 1.94. The number of anilines is 1. The third kappa shape index (κ3) is 3.43. The van der Waals surface area contributed by atoms with Crippen molar-refractivity contribution < 1.29 is 13.9 Å². The lowest BCUT2D eigenvalue weighted by Gasteiger charge is -2.14. The quantitative estimate of drug-likeness (QED) is 0.895. The number of aliphatic hydroxyl groups is 1. The minimum atomic E-state index is -0.933. The van der Waals surface area contributed by atoms with Crippen LogP contribution in [0, 0.1) is 11.6 Å². The molecule has 19 heavy (non-hydrogen) atoms. The summed E-state index contributed by atoms with van der Waals surface area (Å²) in [6, 6.07) is 10.4.